The maximum atomic E-state index is 11.8. The number of halogens is 1. The first-order valence-electron chi connectivity index (χ1n) is 8.51. The molecule has 0 aliphatic rings. The summed E-state index contributed by atoms with van der Waals surface area (Å²) in [6, 6.07) is 12.9. The average Bonchev–Trinajstić information content (AvgIpc) is 2.64. The lowest BCUT2D eigenvalue weighted by molar-refractivity contribution is -0.121. The Morgan fingerprint density at radius 2 is 1.77 bits per heavy atom. The molecule has 0 aromatic heterocycles. The molecular formula is C20H24ClNO4. The molecule has 2 aromatic carbocycles. The highest BCUT2D eigenvalue weighted by Crippen LogP contribution is 2.25. The summed E-state index contributed by atoms with van der Waals surface area (Å²) in [5.74, 6) is 2.11. The van der Waals surface area contributed by atoms with E-state index in [-0.39, 0.29) is 5.91 Å². The van der Waals surface area contributed by atoms with Gasteiger partial charge in [0.15, 0.2) is 11.5 Å². The molecule has 1 amide bonds. The second kappa shape index (κ2) is 10.6. The Kier molecular flexibility index (Phi) is 8.09. The third kappa shape index (κ3) is 6.48. The van der Waals surface area contributed by atoms with Crippen molar-refractivity contribution in [3.8, 4) is 17.2 Å². The zero-order chi connectivity index (χ0) is 18.8. The van der Waals surface area contributed by atoms with Gasteiger partial charge in [-0.3, -0.25) is 4.79 Å². The van der Waals surface area contributed by atoms with Gasteiger partial charge in [-0.1, -0.05) is 23.7 Å². The molecule has 0 bridgehead atoms. The second-order valence-corrected chi connectivity index (χ2v) is 6.15. The highest BCUT2D eigenvalue weighted by atomic mass is 35.5. The molecule has 2 rings (SSSR count). The van der Waals surface area contributed by atoms with Crippen molar-refractivity contribution < 1.29 is 19.0 Å². The number of carbonyl (C=O) groups is 1. The van der Waals surface area contributed by atoms with E-state index in [9.17, 15) is 4.79 Å². The normalized spacial score (nSPS) is 10.3. The zero-order valence-corrected chi connectivity index (χ0v) is 15.8. The Morgan fingerprint density at radius 3 is 2.50 bits per heavy atom. The predicted octanol–water partition coefficient (Wildman–Crippen LogP) is 4.01. The number of ether oxygens (including phenoxy) is 3. The van der Waals surface area contributed by atoms with E-state index in [1.165, 1.54) is 0 Å². The van der Waals surface area contributed by atoms with Crippen LogP contribution < -0.4 is 19.5 Å². The molecule has 0 fully saturated rings. The van der Waals surface area contributed by atoms with Gasteiger partial charge in [0.1, 0.15) is 12.4 Å². The number of carbonyl (C=O) groups excluding carboxylic acids is 1. The number of benzene rings is 2. The maximum Gasteiger partial charge on any atom is 0.220 e. The molecule has 5 nitrogen and oxygen atoms in total. The number of rotatable bonds is 10. The van der Waals surface area contributed by atoms with Gasteiger partial charge in [0.05, 0.1) is 20.3 Å². The first-order chi connectivity index (χ1) is 12.6. The van der Waals surface area contributed by atoms with E-state index < -0.39 is 0 Å². The van der Waals surface area contributed by atoms with Crippen LogP contribution in [0.5, 0.6) is 17.2 Å². The van der Waals surface area contributed by atoms with E-state index in [1.807, 2.05) is 43.3 Å². The van der Waals surface area contributed by atoms with E-state index in [4.69, 9.17) is 25.8 Å². The molecular weight excluding hydrogens is 354 g/mol. The minimum atomic E-state index is -0.0231. The van der Waals surface area contributed by atoms with Gasteiger partial charge < -0.3 is 19.5 Å². The predicted molar refractivity (Wildman–Crippen MR) is 102 cm³/mol. The summed E-state index contributed by atoms with van der Waals surface area (Å²) in [6.45, 7) is 3.24. The van der Waals surface area contributed by atoms with E-state index in [0.29, 0.717) is 49.1 Å². The maximum absolute atomic E-state index is 11.8. The van der Waals surface area contributed by atoms with Crippen LogP contribution in [0.3, 0.4) is 0 Å². The van der Waals surface area contributed by atoms with Crippen molar-refractivity contribution in [2.75, 3.05) is 26.9 Å². The largest absolute Gasteiger partial charge is 0.493 e. The van der Waals surface area contributed by atoms with Crippen LogP contribution >= 0.6 is 11.6 Å². The summed E-state index contributed by atoms with van der Waals surface area (Å²) >= 11 is 5.91. The Bertz CT molecular complexity index is 721. The van der Waals surface area contributed by atoms with Gasteiger partial charge in [-0.05, 0) is 49.2 Å². The summed E-state index contributed by atoms with van der Waals surface area (Å²) in [5.41, 5.74) is 0.982. The number of hydrogen-bond donors (Lipinski definition) is 1. The quantitative estimate of drug-likeness (QED) is 0.635. The van der Waals surface area contributed by atoms with Crippen LogP contribution in [0, 0.1) is 6.92 Å². The Balaban J connectivity index is 1.59. The minimum Gasteiger partial charge on any atom is -0.493 e. The lowest BCUT2D eigenvalue weighted by Crippen LogP contribution is -2.28. The number of nitrogens with one attached hydrogen (secondary N) is 1. The van der Waals surface area contributed by atoms with E-state index in [1.54, 1.807) is 13.2 Å². The molecule has 2 aromatic rings. The molecule has 0 unspecified atom stereocenters. The molecule has 0 heterocycles. The number of amides is 1. The van der Waals surface area contributed by atoms with E-state index in [2.05, 4.69) is 5.32 Å². The van der Waals surface area contributed by atoms with Gasteiger partial charge in [-0.2, -0.15) is 0 Å². The average molecular weight is 378 g/mol. The first-order valence-corrected chi connectivity index (χ1v) is 8.89. The summed E-state index contributed by atoms with van der Waals surface area (Å²) in [5, 5.41) is 3.51. The molecule has 6 heteroatoms. The molecule has 1 N–H and O–H groups in total. The van der Waals surface area contributed by atoms with Crippen molar-refractivity contribution in [1.82, 2.24) is 5.32 Å². The molecule has 26 heavy (non-hydrogen) atoms. The molecule has 0 saturated heterocycles. The molecule has 0 aliphatic carbocycles. The summed E-state index contributed by atoms with van der Waals surface area (Å²) in [7, 11) is 1.59. The van der Waals surface area contributed by atoms with Crippen LogP contribution in [-0.2, 0) is 4.79 Å². The van der Waals surface area contributed by atoms with Gasteiger partial charge in [-0.15, -0.1) is 0 Å². The van der Waals surface area contributed by atoms with Crippen molar-refractivity contribution in [1.29, 1.82) is 0 Å². The first kappa shape index (κ1) is 19.9. The highest BCUT2D eigenvalue weighted by Gasteiger charge is 2.05. The smallest absolute Gasteiger partial charge is 0.220 e. The van der Waals surface area contributed by atoms with Crippen molar-refractivity contribution in [3.63, 3.8) is 0 Å². The van der Waals surface area contributed by atoms with Crippen LogP contribution in [0.4, 0.5) is 0 Å². The van der Waals surface area contributed by atoms with E-state index >= 15 is 0 Å². The third-order valence-corrected chi connectivity index (χ3v) is 3.93. The van der Waals surface area contributed by atoms with Crippen molar-refractivity contribution in [3.05, 3.63) is 53.1 Å². The number of aryl methyl sites for hydroxylation is 1. The van der Waals surface area contributed by atoms with Gasteiger partial charge in [-0.25, -0.2) is 0 Å². The van der Waals surface area contributed by atoms with Crippen LogP contribution in [0.2, 0.25) is 5.02 Å². The van der Waals surface area contributed by atoms with Gasteiger partial charge >= 0.3 is 0 Å². The molecule has 140 valence electrons. The van der Waals surface area contributed by atoms with Gasteiger partial charge in [0.2, 0.25) is 5.91 Å². The number of hydrogen-bond acceptors (Lipinski definition) is 4. The molecule has 0 spiro atoms. The molecule has 0 radical (unpaired) electrons. The van der Waals surface area contributed by atoms with Crippen LogP contribution in [-0.4, -0.2) is 32.8 Å². The lowest BCUT2D eigenvalue weighted by Gasteiger charge is -2.11. The number of para-hydroxylation sites is 2. The highest BCUT2D eigenvalue weighted by molar-refractivity contribution is 6.30. The molecule has 0 saturated carbocycles. The Hall–Kier alpha value is -2.40. The van der Waals surface area contributed by atoms with Crippen molar-refractivity contribution in [2.45, 2.75) is 19.8 Å². The number of methoxy groups -OCH3 is 1. The summed E-state index contributed by atoms with van der Waals surface area (Å²) in [4.78, 5) is 11.8. The lowest BCUT2D eigenvalue weighted by atomic mass is 10.2. The summed E-state index contributed by atoms with van der Waals surface area (Å²) in [6.07, 6.45) is 1.04. The monoisotopic (exact) mass is 377 g/mol. The fraction of sp³-hybridized carbons (Fsp3) is 0.350. The van der Waals surface area contributed by atoms with Gasteiger partial charge in [0, 0.05) is 11.4 Å². The van der Waals surface area contributed by atoms with Crippen LogP contribution in [0.1, 0.15) is 18.4 Å². The van der Waals surface area contributed by atoms with Crippen LogP contribution in [0.15, 0.2) is 42.5 Å². The summed E-state index contributed by atoms with van der Waals surface area (Å²) < 4.78 is 16.5. The third-order valence-electron chi connectivity index (χ3n) is 3.69. The minimum absolute atomic E-state index is 0.0231. The standard InChI is InChI=1S/C20H24ClNO4/c1-15-14-16(21)9-10-17(15)25-12-5-8-20(23)22-11-13-26-19-7-4-3-6-18(19)24-2/h3-4,6-7,9-10,14H,5,8,11-13H2,1-2H3,(H,22,23). The molecule has 0 aliphatic heterocycles. The topological polar surface area (TPSA) is 56.8 Å². The fourth-order valence-corrected chi connectivity index (χ4v) is 2.59. The SMILES string of the molecule is COc1ccccc1OCCNC(=O)CCCOc1ccc(Cl)cc1C. The van der Waals surface area contributed by atoms with E-state index in [0.717, 1.165) is 11.3 Å². The van der Waals surface area contributed by atoms with Crippen molar-refractivity contribution in [2.24, 2.45) is 0 Å². The Labute approximate surface area is 159 Å². The van der Waals surface area contributed by atoms with Crippen LogP contribution in [0.25, 0.3) is 0 Å². The molecule has 0 atom stereocenters. The fourth-order valence-electron chi connectivity index (χ4n) is 2.37. The second-order valence-electron chi connectivity index (χ2n) is 5.71. The Morgan fingerprint density at radius 1 is 1.04 bits per heavy atom. The van der Waals surface area contributed by atoms with Gasteiger partial charge in [0.25, 0.3) is 0 Å². The zero-order valence-electron chi connectivity index (χ0n) is 15.1. The van der Waals surface area contributed by atoms with Crippen molar-refractivity contribution >= 4 is 17.5 Å².